The Morgan fingerprint density at radius 2 is 2.00 bits per heavy atom. The van der Waals surface area contributed by atoms with E-state index < -0.39 is 0 Å². The summed E-state index contributed by atoms with van der Waals surface area (Å²) in [5, 5.41) is 11.9. The molecule has 4 nitrogen and oxygen atoms in total. The normalized spacial score (nSPS) is 9.71. The Morgan fingerprint density at radius 1 is 1.24 bits per heavy atom. The minimum atomic E-state index is 0.364. The fourth-order valence-corrected chi connectivity index (χ4v) is 1.58. The van der Waals surface area contributed by atoms with Crippen molar-refractivity contribution in [3.05, 3.63) is 41.6 Å². The summed E-state index contributed by atoms with van der Waals surface area (Å²) >= 11 is 0. The molecule has 0 aliphatic carbocycles. The Morgan fingerprint density at radius 3 is 2.65 bits per heavy atom. The van der Waals surface area contributed by atoms with Gasteiger partial charge in [-0.3, -0.25) is 0 Å². The van der Waals surface area contributed by atoms with Gasteiger partial charge in [-0.25, -0.2) is 9.97 Å². The summed E-state index contributed by atoms with van der Waals surface area (Å²) in [5.41, 5.74) is 2.40. The van der Waals surface area contributed by atoms with Crippen LogP contribution in [0.3, 0.4) is 0 Å². The molecule has 0 unspecified atom stereocenters. The fraction of sp³-hybridized carbons (Fsp3) is 0.154. The van der Waals surface area contributed by atoms with E-state index in [0.717, 1.165) is 11.1 Å². The predicted octanol–water partition coefficient (Wildman–Crippen LogP) is 2.37. The Hall–Kier alpha value is -2.41. The van der Waals surface area contributed by atoms with Crippen molar-refractivity contribution < 1.29 is 0 Å². The summed E-state index contributed by atoms with van der Waals surface area (Å²) < 4.78 is 0. The van der Waals surface area contributed by atoms with Gasteiger partial charge in [-0.1, -0.05) is 24.3 Å². The summed E-state index contributed by atoms with van der Waals surface area (Å²) in [5.74, 6) is 1.22. The van der Waals surface area contributed by atoms with Gasteiger partial charge in [0.05, 0.1) is 0 Å². The van der Waals surface area contributed by atoms with Crippen LogP contribution < -0.4 is 5.32 Å². The number of aryl methyl sites for hydroxylation is 1. The molecule has 0 aliphatic rings. The standard InChI is InChI=1S/C13H12N4/c1-9-5-3-4-6-11(9)13-16-10(8-14)7-12(15-2)17-13/h3-7H,1-2H3,(H,15,16,17). The van der Waals surface area contributed by atoms with E-state index in [1.165, 1.54) is 0 Å². The van der Waals surface area contributed by atoms with Crippen molar-refractivity contribution in [3.8, 4) is 17.5 Å². The van der Waals surface area contributed by atoms with Crippen LogP contribution in [-0.2, 0) is 0 Å². The maximum atomic E-state index is 8.93. The summed E-state index contributed by atoms with van der Waals surface area (Å²) in [6, 6.07) is 11.5. The van der Waals surface area contributed by atoms with Gasteiger partial charge >= 0.3 is 0 Å². The minimum absolute atomic E-state index is 0.364. The molecule has 0 amide bonds. The summed E-state index contributed by atoms with van der Waals surface area (Å²) in [6.07, 6.45) is 0. The lowest BCUT2D eigenvalue weighted by molar-refractivity contribution is 1.13. The van der Waals surface area contributed by atoms with E-state index in [2.05, 4.69) is 15.3 Å². The minimum Gasteiger partial charge on any atom is -0.373 e. The molecule has 0 saturated carbocycles. The third-order valence-corrected chi connectivity index (χ3v) is 2.48. The van der Waals surface area contributed by atoms with Gasteiger partial charge in [-0.2, -0.15) is 5.26 Å². The van der Waals surface area contributed by atoms with Crippen molar-refractivity contribution >= 4 is 5.82 Å². The average Bonchev–Trinajstić information content (AvgIpc) is 2.38. The number of rotatable bonds is 2. The van der Waals surface area contributed by atoms with Gasteiger partial charge in [0.2, 0.25) is 0 Å². The highest BCUT2D eigenvalue weighted by Gasteiger charge is 2.07. The van der Waals surface area contributed by atoms with E-state index in [-0.39, 0.29) is 0 Å². The van der Waals surface area contributed by atoms with Gasteiger partial charge in [-0.15, -0.1) is 0 Å². The molecule has 1 heterocycles. The maximum Gasteiger partial charge on any atom is 0.163 e. The van der Waals surface area contributed by atoms with E-state index >= 15 is 0 Å². The van der Waals surface area contributed by atoms with Crippen LogP contribution in [0.5, 0.6) is 0 Å². The molecule has 0 atom stereocenters. The monoisotopic (exact) mass is 224 g/mol. The van der Waals surface area contributed by atoms with Crippen molar-refractivity contribution in [2.45, 2.75) is 6.92 Å². The number of nitrogens with one attached hydrogen (secondary N) is 1. The van der Waals surface area contributed by atoms with E-state index in [1.54, 1.807) is 13.1 Å². The molecule has 4 heteroatoms. The van der Waals surface area contributed by atoms with Gasteiger partial charge in [-0.05, 0) is 12.5 Å². The number of anilines is 1. The van der Waals surface area contributed by atoms with Crippen molar-refractivity contribution in [3.63, 3.8) is 0 Å². The highest BCUT2D eigenvalue weighted by molar-refractivity contribution is 5.62. The number of hydrogen-bond donors (Lipinski definition) is 1. The SMILES string of the molecule is CNc1cc(C#N)nc(-c2ccccc2C)n1. The molecule has 0 spiro atoms. The van der Waals surface area contributed by atoms with E-state index in [1.807, 2.05) is 37.3 Å². The van der Waals surface area contributed by atoms with Crippen molar-refractivity contribution in [2.75, 3.05) is 12.4 Å². The lowest BCUT2D eigenvalue weighted by Crippen LogP contribution is -1.99. The van der Waals surface area contributed by atoms with Crippen LogP contribution in [0.1, 0.15) is 11.3 Å². The highest BCUT2D eigenvalue weighted by atomic mass is 15.0. The molecule has 0 saturated heterocycles. The molecular formula is C13H12N4. The summed E-state index contributed by atoms with van der Waals surface area (Å²) in [7, 11) is 1.77. The second-order valence-electron chi connectivity index (χ2n) is 3.64. The van der Waals surface area contributed by atoms with E-state index in [0.29, 0.717) is 17.3 Å². The van der Waals surface area contributed by atoms with Gasteiger partial charge in [0, 0.05) is 18.7 Å². The van der Waals surface area contributed by atoms with Crippen molar-refractivity contribution in [2.24, 2.45) is 0 Å². The molecule has 0 aliphatic heterocycles. The Balaban J connectivity index is 2.60. The van der Waals surface area contributed by atoms with Gasteiger partial charge in [0.15, 0.2) is 5.82 Å². The zero-order chi connectivity index (χ0) is 12.3. The molecule has 0 fully saturated rings. The Labute approximate surface area is 100.0 Å². The van der Waals surface area contributed by atoms with Gasteiger partial charge < -0.3 is 5.32 Å². The van der Waals surface area contributed by atoms with Crippen LogP contribution >= 0.6 is 0 Å². The third kappa shape index (κ3) is 2.23. The molecule has 0 radical (unpaired) electrons. The van der Waals surface area contributed by atoms with Gasteiger partial charge in [0.1, 0.15) is 17.6 Å². The first-order valence-electron chi connectivity index (χ1n) is 5.27. The Kier molecular flexibility index (Phi) is 3.01. The molecule has 1 N–H and O–H groups in total. The van der Waals surface area contributed by atoms with Crippen molar-refractivity contribution in [1.29, 1.82) is 5.26 Å². The van der Waals surface area contributed by atoms with Crippen LogP contribution in [0, 0.1) is 18.3 Å². The van der Waals surface area contributed by atoms with Crippen LogP contribution in [0.25, 0.3) is 11.4 Å². The number of benzene rings is 1. The number of nitriles is 1. The van der Waals surface area contributed by atoms with Crippen LogP contribution in [0.4, 0.5) is 5.82 Å². The summed E-state index contributed by atoms with van der Waals surface area (Å²) in [6.45, 7) is 2.00. The quantitative estimate of drug-likeness (QED) is 0.850. The zero-order valence-electron chi connectivity index (χ0n) is 9.73. The lowest BCUT2D eigenvalue weighted by atomic mass is 10.1. The highest BCUT2D eigenvalue weighted by Crippen LogP contribution is 2.21. The van der Waals surface area contributed by atoms with Gasteiger partial charge in [0.25, 0.3) is 0 Å². The smallest absolute Gasteiger partial charge is 0.163 e. The number of aromatic nitrogens is 2. The number of nitrogens with zero attached hydrogens (tertiary/aromatic N) is 3. The fourth-order valence-electron chi connectivity index (χ4n) is 1.58. The largest absolute Gasteiger partial charge is 0.373 e. The lowest BCUT2D eigenvalue weighted by Gasteiger charge is -2.06. The first-order valence-corrected chi connectivity index (χ1v) is 5.27. The topological polar surface area (TPSA) is 61.6 Å². The zero-order valence-corrected chi connectivity index (χ0v) is 9.73. The molecule has 84 valence electrons. The molecule has 2 rings (SSSR count). The third-order valence-electron chi connectivity index (χ3n) is 2.48. The van der Waals surface area contributed by atoms with Crippen molar-refractivity contribution in [1.82, 2.24) is 9.97 Å². The first kappa shape index (κ1) is 11.1. The second kappa shape index (κ2) is 4.62. The molecule has 0 bridgehead atoms. The molecule has 1 aromatic carbocycles. The first-order chi connectivity index (χ1) is 8.24. The van der Waals surface area contributed by atoms with Crippen LogP contribution in [0.15, 0.2) is 30.3 Å². The maximum absolute atomic E-state index is 8.93. The van der Waals surface area contributed by atoms with E-state index in [4.69, 9.17) is 5.26 Å². The number of hydrogen-bond acceptors (Lipinski definition) is 4. The molecular weight excluding hydrogens is 212 g/mol. The summed E-state index contributed by atoms with van der Waals surface area (Å²) in [4.78, 5) is 8.58. The van der Waals surface area contributed by atoms with E-state index in [9.17, 15) is 0 Å². The second-order valence-corrected chi connectivity index (χ2v) is 3.64. The molecule has 2 aromatic rings. The van der Waals surface area contributed by atoms with Crippen LogP contribution in [0.2, 0.25) is 0 Å². The average molecular weight is 224 g/mol. The Bertz CT molecular complexity index is 584. The molecule has 1 aromatic heterocycles. The van der Waals surface area contributed by atoms with Crippen LogP contribution in [-0.4, -0.2) is 17.0 Å². The molecule has 17 heavy (non-hydrogen) atoms. The predicted molar refractivity (Wildman–Crippen MR) is 66.5 cm³/mol.